The maximum Gasteiger partial charge on any atom is 0.264 e. The van der Waals surface area contributed by atoms with Crippen LogP contribution in [0.5, 0.6) is 0 Å². The van der Waals surface area contributed by atoms with E-state index in [1.165, 1.54) is 69.9 Å². The fourth-order valence-electron chi connectivity index (χ4n) is 8.41. The molecule has 0 radical (unpaired) electrons. The summed E-state index contributed by atoms with van der Waals surface area (Å²) in [6.45, 7) is 18.2. The Labute approximate surface area is 297 Å². The molecule has 1 aliphatic carbocycles. The Bertz CT molecular complexity index is 1790. The highest BCUT2D eigenvalue weighted by Gasteiger charge is 2.44. The molecule has 264 valence electrons. The summed E-state index contributed by atoms with van der Waals surface area (Å²) in [4.78, 5) is 2.44. The molecule has 0 fully saturated rings. The van der Waals surface area contributed by atoms with Gasteiger partial charge in [0.2, 0.25) is 5.69 Å². The van der Waals surface area contributed by atoms with Crippen molar-refractivity contribution in [2.45, 2.75) is 117 Å². The van der Waals surface area contributed by atoms with Crippen LogP contribution in [0.4, 0.5) is 11.4 Å². The van der Waals surface area contributed by atoms with Crippen molar-refractivity contribution in [2.24, 2.45) is 5.92 Å². The Morgan fingerprint density at radius 2 is 1.57 bits per heavy atom. The van der Waals surface area contributed by atoms with E-state index in [1.807, 2.05) is 0 Å². The molecule has 1 N–H and O–H groups in total. The highest BCUT2D eigenvalue weighted by Crippen LogP contribution is 2.48. The molecule has 5 rings (SSSR count). The molecule has 5 nitrogen and oxygen atoms in total. The van der Waals surface area contributed by atoms with Gasteiger partial charge in [0.05, 0.1) is 11.2 Å². The van der Waals surface area contributed by atoms with Gasteiger partial charge in [0, 0.05) is 47.5 Å². The summed E-state index contributed by atoms with van der Waals surface area (Å²) in [5, 5.41) is 0. The Balaban J connectivity index is 1.48. The van der Waals surface area contributed by atoms with Gasteiger partial charge in [0.15, 0.2) is 5.71 Å². The highest BCUT2D eigenvalue weighted by atomic mass is 32.2. The number of para-hydroxylation sites is 2. The Morgan fingerprint density at radius 1 is 0.857 bits per heavy atom. The molecule has 0 spiro atoms. The molecule has 2 heterocycles. The quantitative estimate of drug-likeness (QED) is 0.122. The average Bonchev–Trinajstić information content (AvgIpc) is 3.40. The van der Waals surface area contributed by atoms with Crippen LogP contribution in [0.3, 0.4) is 0 Å². The van der Waals surface area contributed by atoms with E-state index in [4.69, 9.17) is 0 Å². The van der Waals surface area contributed by atoms with Crippen LogP contribution in [0.25, 0.3) is 0 Å². The number of benzene rings is 2. The summed E-state index contributed by atoms with van der Waals surface area (Å²) in [7, 11) is -3.92. The molecule has 2 aromatic carbocycles. The van der Waals surface area contributed by atoms with E-state index in [1.54, 1.807) is 0 Å². The van der Waals surface area contributed by atoms with Crippen LogP contribution in [0.15, 0.2) is 95.3 Å². The van der Waals surface area contributed by atoms with Gasteiger partial charge >= 0.3 is 0 Å². The normalized spacial score (nSPS) is 20.4. The molecule has 2 aliphatic heterocycles. The zero-order chi connectivity index (χ0) is 35.4. The smallest absolute Gasteiger partial charge is 0.264 e. The van der Waals surface area contributed by atoms with Gasteiger partial charge in [0.1, 0.15) is 6.54 Å². The zero-order valence-electron chi connectivity index (χ0n) is 31.1. The average molecular weight is 684 g/mol. The molecule has 0 amide bonds. The lowest BCUT2D eigenvalue weighted by Gasteiger charge is -2.28. The maximum absolute atomic E-state index is 11.2. The first-order valence-corrected chi connectivity index (χ1v) is 20.3. The van der Waals surface area contributed by atoms with Crippen molar-refractivity contribution in [1.82, 2.24) is 0 Å². The summed E-state index contributed by atoms with van der Waals surface area (Å²) in [6, 6.07) is 17.6. The van der Waals surface area contributed by atoms with Gasteiger partial charge < -0.3 is 4.90 Å². The van der Waals surface area contributed by atoms with Crippen LogP contribution < -0.4 is 4.90 Å². The topological polar surface area (TPSA) is 60.6 Å². The second-order valence-corrected chi connectivity index (χ2v) is 17.1. The largest absolute Gasteiger partial charge is 0.344 e. The van der Waals surface area contributed by atoms with E-state index in [2.05, 4.69) is 131 Å². The molecule has 0 saturated carbocycles. The summed E-state index contributed by atoms with van der Waals surface area (Å²) < 4.78 is 34.3. The predicted octanol–water partition coefficient (Wildman–Crippen LogP) is 10.6. The minimum atomic E-state index is -3.92. The number of allylic oxidation sites excluding steroid dienone is 8. The van der Waals surface area contributed by atoms with Gasteiger partial charge in [-0.3, -0.25) is 4.55 Å². The highest BCUT2D eigenvalue weighted by molar-refractivity contribution is 7.85. The second-order valence-electron chi connectivity index (χ2n) is 15.6. The van der Waals surface area contributed by atoms with Crippen molar-refractivity contribution in [3.63, 3.8) is 0 Å². The summed E-state index contributed by atoms with van der Waals surface area (Å²) >= 11 is 0. The second kappa shape index (κ2) is 15.3. The van der Waals surface area contributed by atoms with Crippen molar-refractivity contribution < 1.29 is 17.5 Å². The molecular weight excluding hydrogens is 625 g/mol. The minimum absolute atomic E-state index is 0.0471. The Hall–Kier alpha value is -3.22. The molecule has 6 heteroatoms. The first kappa shape index (κ1) is 37.0. The molecule has 0 saturated heterocycles. The van der Waals surface area contributed by atoms with E-state index >= 15 is 0 Å². The zero-order valence-corrected chi connectivity index (χ0v) is 31.9. The van der Waals surface area contributed by atoms with Crippen molar-refractivity contribution >= 4 is 27.2 Å². The minimum Gasteiger partial charge on any atom is -0.344 e. The molecule has 0 bridgehead atoms. The lowest BCUT2D eigenvalue weighted by molar-refractivity contribution is -0.438. The lowest BCUT2D eigenvalue weighted by Crippen LogP contribution is -2.28. The van der Waals surface area contributed by atoms with Crippen LogP contribution >= 0.6 is 0 Å². The standard InChI is InChI=1S/C43H58N2O3S/c1-8-9-15-29-44-37-23-13-11-21-35(37)42(4,5)39(44)27-25-33-19-18-20-34(41(33)32(2)3)26-28-40-43(6,7)36-22-12-14-24-38(36)45(40)30-16-10-17-31-49(46,47)48/h11-14,21-28,32H,8-10,15-20,29-31H2,1-7H3/p+1. The van der Waals surface area contributed by atoms with Gasteiger partial charge in [-0.05, 0) is 92.7 Å². The number of nitrogens with zero attached hydrogens (tertiary/aromatic N) is 2. The lowest BCUT2D eigenvalue weighted by atomic mass is 9.79. The number of unbranched alkanes of at least 4 members (excludes halogenated alkanes) is 4. The SMILES string of the molecule is CCCCC[N+]1=C(C=CC2=C(C(C)C)C(=CC=C3N(CCCCCS(=O)(=O)O)c4ccccc4C3(C)C)CCC2)C(C)(C)c2ccccc21. The third kappa shape index (κ3) is 8.07. The molecule has 0 unspecified atom stereocenters. The summed E-state index contributed by atoms with van der Waals surface area (Å²) in [6.07, 6.45) is 18.7. The number of hydrogen-bond acceptors (Lipinski definition) is 3. The molecular formula is C43H59N2O3S+. The van der Waals surface area contributed by atoms with Crippen LogP contribution in [-0.4, -0.2) is 42.1 Å². The number of fused-ring (bicyclic) bond motifs is 2. The number of rotatable bonds is 14. The van der Waals surface area contributed by atoms with E-state index in [9.17, 15) is 13.0 Å². The van der Waals surface area contributed by atoms with Gasteiger partial charge in [-0.1, -0.05) is 96.0 Å². The van der Waals surface area contributed by atoms with Gasteiger partial charge in [-0.25, -0.2) is 0 Å². The van der Waals surface area contributed by atoms with Crippen LogP contribution in [-0.2, 0) is 20.9 Å². The number of anilines is 1. The Morgan fingerprint density at radius 3 is 2.29 bits per heavy atom. The van der Waals surface area contributed by atoms with E-state index in [-0.39, 0.29) is 16.6 Å². The third-order valence-corrected chi connectivity index (χ3v) is 11.7. The first-order valence-electron chi connectivity index (χ1n) is 18.7. The van der Waals surface area contributed by atoms with Crippen LogP contribution in [0.2, 0.25) is 0 Å². The van der Waals surface area contributed by atoms with Crippen molar-refractivity contribution in [3.8, 4) is 0 Å². The van der Waals surface area contributed by atoms with Gasteiger partial charge in [-0.2, -0.15) is 13.0 Å². The predicted molar refractivity (Wildman–Crippen MR) is 207 cm³/mol. The van der Waals surface area contributed by atoms with Crippen LogP contribution in [0.1, 0.15) is 117 Å². The third-order valence-electron chi connectivity index (χ3n) is 10.9. The van der Waals surface area contributed by atoms with E-state index < -0.39 is 10.1 Å². The van der Waals surface area contributed by atoms with Gasteiger partial charge in [-0.15, -0.1) is 0 Å². The van der Waals surface area contributed by atoms with Crippen molar-refractivity contribution in [1.29, 1.82) is 0 Å². The summed E-state index contributed by atoms with van der Waals surface area (Å²) in [5.41, 5.74) is 12.2. The maximum atomic E-state index is 11.2. The van der Waals surface area contributed by atoms with Gasteiger partial charge in [0.25, 0.3) is 10.1 Å². The Kier molecular flexibility index (Phi) is 11.6. The molecule has 49 heavy (non-hydrogen) atoms. The van der Waals surface area contributed by atoms with E-state index in [0.29, 0.717) is 12.3 Å². The van der Waals surface area contributed by atoms with Crippen molar-refractivity contribution in [3.05, 3.63) is 106 Å². The van der Waals surface area contributed by atoms with E-state index in [0.717, 1.165) is 45.2 Å². The fraction of sp³-hybridized carbons (Fsp3) is 0.512. The molecule has 0 aromatic heterocycles. The first-order chi connectivity index (χ1) is 23.3. The summed E-state index contributed by atoms with van der Waals surface area (Å²) in [5.74, 6) is 0.239. The van der Waals surface area contributed by atoms with Crippen LogP contribution in [0, 0.1) is 5.92 Å². The molecule has 2 aromatic rings. The monoisotopic (exact) mass is 683 g/mol. The molecule has 3 aliphatic rings. The fourth-order valence-corrected chi connectivity index (χ4v) is 8.98. The molecule has 0 atom stereocenters. The number of hydrogen-bond donors (Lipinski definition) is 1. The van der Waals surface area contributed by atoms with Crippen molar-refractivity contribution in [2.75, 3.05) is 23.7 Å².